The van der Waals surface area contributed by atoms with E-state index in [1.54, 1.807) is 42.5 Å². The molecule has 4 rings (SSSR count). The highest BCUT2D eigenvalue weighted by atomic mass is 19.4. The molecule has 3 aromatic carbocycles. The topological polar surface area (TPSA) is 115 Å². The van der Waals surface area contributed by atoms with E-state index in [-0.39, 0.29) is 23.4 Å². The summed E-state index contributed by atoms with van der Waals surface area (Å²) in [7, 11) is 1.24. The number of hydrogen-bond donors (Lipinski definition) is 2. The lowest BCUT2D eigenvalue weighted by Gasteiger charge is -2.17. The van der Waals surface area contributed by atoms with Gasteiger partial charge in [-0.05, 0) is 53.6 Å². The summed E-state index contributed by atoms with van der Waals surface area (Å²) in [6, 6.07) is 19.3. The number of methoxy groups -OCH3 is 1. The molecule has 1 atom stereocenters. The number of alkyl halides is 3. The number of anilines is 1. The molecule has 0 aliphatic carbocycles. The zero-order valence-electron chi connectivity index (χ0n) is 21.5. The molecule has 0 spiro atoms. The van der Waals surface area contributed by atoms with Crippen LogP contribution in [0.25, 0.3) is 11.1 Å². The van der Waals surface area contributed by atoms with Crippen LogP contribution in [0.2, 0.25) is 0 Å². The first-order chi connectivity index (χ1) is 19.5. The minimum atomic E-state index is -4.58. The van der Waals surface area contributed by atoms with Crippen LogP contribution in [0.3, 0.4) is 0 Å². The van der Waals surface area contributed by atoms with Gasteiger partial charge in [0, 0.05) is 23.9 Å². The number of nitrogens with one attached hydrogen (secondary N) is 1. The van der Waals surface area contributed by atoms with Crippen molar-refractivity contribution in [2.24, 2.45) is 0 Å². The molecule has 2 N–H and O–H groups in total. The molecule has 0 fully saturated rings. The average molecular weight is 565 g/mol. The number of aliphatic carboxylic acids is 1. The molecule has 0 aliphatic heterocycles. The number of pyridine rings is 1. The molecule has 1 heterocycles. The van der Waals surface area contributed by atoms with E-state index in [4.69, 9.17) is 4.74 Å². The Morgan fingerprint density at radius 3 is 2.07 bits per heavy atom. The molecule has 11 heteroatoms. The lowest BCUT2D eigenvalue weighted by molar-refractivity contribution is -0.139. The Bertz CT molecular complexity index is 1630. The first kappa shape index (κ1) is 28.8. The van der Waals surface area contributed by atoms with Crippen LogP contribution in [0.15, 0.2) is 95.9 Å². The van der Waals surface area contributed by atoms with Crippen LogP contribution in [0.1, 0.15) is 37.8 Å². The van der Waals surface area contributed by atoms with Crippen molar-refractivity contribution >= 4 is 23.5 Å². The van der Waals surface area contributed by atoms with Gasteiger partial charge in [0.05, 0.1) is 24.2 Å². The van der Waals surface area contributed by atoms with Gasteiger partial charge in [0.1, 0.15) is 5.69 Å². The highest BCUT2D eigenvalue weighted by Gasteiger charge is 2.30. The Labute approximate surface area is 231 Å². The first-order valence-electron chi connectivity index (χ1n) is 12.2. The second-order valence-corrected chi connectivity index (χ2v) is 9.00. The largest absolute Gasteiger partial charge is 0.481 e. The van der Waals surface area contributed by atoms with Crippen LogP contribution in [-0.4, -0.2) is 34.6 Å². The Morgan fingerprint density at radius 2 is 1.51 bits per heavy atom. The van der Waals surface area contributed by atoms with Crippen molar-refractivity contribution in [3.63, 3.8) is 0 Å². The third-order valence-corrected chi connectivity index (χ3v) is 6.33. The van der Waals surface area contributed by atoms with Gasteiger partial charge in [-0.2, -0.15) is 13.2 Å². The second-order valence-electron chi connectivity index (χ2n) is 9.00. The molecular weight excluding hydrogens is 541 g/mol. The maximum atomic E-state index is 13.4. The highest BCUT2D eigenvalue weighted by Crippen LogP contribution is 2.29. The number of carboxylic acids is 1. The minimum absolute atomic E-state index is 0.121. The van der Waals surface area contributed by atoms with E-state index in [9.17, 15) is 37.5 Å². The summed E-state index contributed by atoms with van der Waals surface area (Å²) < 4.78 is 44.7. The number of aromatic nitrogens is 1. The maximum absolute atomic E-state index is 13.4. The Kier molecular flexibility index (Phi) is 8.37. The van der Waals surface area contributed by atoms with Crippen LogP contribution < -0.4 is 10.9 Å². The van der Waals surface area contributed by atoms with Crippen molar-refractivity contribution in [2.45, 2.75) is 18.6 Å². The number of amides is 1. The zero-order valence-corrected chi connectivity index (χ0v) is 21.5. The van der Waals surface area contributed by atoms with Gasteiger partial charge >= 0.3 is 18.1 Å². The monoisotopic (exact) mass is 564 g/mol. The van der Waals surface area contributed by atoms with Gasteiger partial charge in [0.15, 0.2) is 0 Å². The van der Waals surface area contributed by atoms with Gasteiger partial charge in [-0.25, -0.2) is 4.79 Å². The Balaban J connectivity index is 1.75. The summed E-state index contributed by atoms with van der Waals surface area (Å²) in [5, 5.41) is 12.3. The molecule has 0 aliphatic rings. The van der Waals surface area contributed by atoms with Crippen molar-refractivity contribution < 1.29 is 37.4 Å². The predicted octanol–water partition coefficient (Wildman–Crippen LogP) is 5.44. The molecule has 0 radical (unpaired) electrons. The van der Waals surface area contributed by atoms with Crippen LogP contribution in [0.4, 0.5) is 18.9 Å². The predicted molar refractivity (Wildman–Crippen MR) is 144 cm³/mol. The van der Waals surface area contributed by atoms with E-state index in [1.807, 2.05) is 0 Å². The van der Waals surface area contributed by atoms with E-state index < -0.39 is 41.1 Å². The summed E-state index contributed by atoms with van der Waals surface area (Å²) in [4.78, 5) is 50.3. The molecule has 0 bridgehead atoms. The molecule has 4 aromatic rings. The number of ether oxygens (including phenoxy) is 1. The number of nitrogens with zero attached hydrogens (tertiary/aromatic N) is 1. The number of carboxylic acid groups (broad SMARTS) is 1. The Hall–Kier alpha value is -5.19. The summed E-state index contributed by atoms with van der Waals surface area (Å²) >= 11 is 0. The highest BCUT2D eigenvalue weighted by molar-refractivity contribution is 6.04. The standard InChI is InChI=1S/C30H23F3N2O6/c1-41-29(40)21-9-7-18(8-10-21)22-15-25(34-26(36)20-11-13-23(14-12-20)30(31,32)33)27(37)35(16-22)17-24(28(38)39)19-5-3-2-4-6-19/h2-16,24H,17H2,1H3,(H,34,36)(H,38,39). The van der Waals surface area contributed by atoms with Crippen LogP contribution in [0, 0.1) is 0 Å². The molecule has 0 saturated heterocycles. The fourth-order valence-electron chi connectivity index (χ4n) is 4.15. The van der Waals surface area contributed by atoms with Gasteiger partial charge < -0.3 is 19.7 Å². The fraction of sp³-hybridized carbons (Fsp3) is 0.133. The van der Waals surface area contributed by atoms with Crippen molar-refractivity contribution in [3.8, 4) is 11.1 Å². The molecule has 8 nitrogen and oxygen atoms in total. The second kappa shape index (κ2) is 11.9. The van der Waals surface area contributed by atoms with E-state index in [2.05, 4.69) is 5.32 Å². The molecule has 1 amide bonds. The molecule has 0 saturated carbocycles. The van der Waals surface area contributed by atoms with Gasteiger partial charge in [-0.15, -0.1) is 0 Å². The number of rotatable bonds is 8. The van der Waals surface area contributed by atoms with E-state index >= 15 is 0 Å². The maximum Gasteiger partial charge on any atom is 0.416 e. The lowest BCUT2D eigenvalue weighted by Crippen LogP contribution is -2.29. The smallest absolute Gasteiger partial charge is 0.416 e. The summed E-state index contributed by atoms with van der Waals surface area (Å²) in [5.41, 5.74) is -0.336. The number of halogens is 3. The summed E-state index contributed by atoms with van der Waals surface area (Å²) in [6.07, 6.45) is -3.15. The van der Waals surface area contributed by atoms with Gasteiger partial charge in [0.2, 0.25) is 0 Å². The molecule has 210 valence electrons. The third kappa shape index (κ3) is 6.70. The van der Waals surface area contributed by atoms with E-state index in [0.717, 1.165) is 28.8 Å². The molecule has 1 unspecified atom stereocenters. The summed E-state index contributed by atoms with van der Waals surface area (Å²) in [6.45, 7) is -0.282. The molecule has 1 aromatic heterocycles. The number of hydrogen-bond acceptors (Lipinski definition) is 5. The van der Waals surface area contributed by atoms with E-state index in [0.29, 0.717) is 16.7 Å². The van der Waals surface area contributed by atoms with Gasteiger partial charge in [-0.3, -0.25) is 14.4 Å². The van der Waals surface area contributed by atoms with Crippen LogP contribution >= 0.6 is 0 Å². The van der Waals surface area contributed by atoms with Crippen molar-refractivity contribution in [3.05, 3.63) is 124 Å². The Morgan fingerprint density at radius 1 is 0.902 bits per heavy atom. The first-order valence-corrected chi connectivity index (χ1v) is 12.2. The van der Waals surface area contributed by atoms with Gasteiger partial charge in [0.25, 0.3) is 11.5 Å². The van der Waals surface area contributed by atoms with Gasteiger partial charge in [-0.1, -0.05) is 42.5 Å². The average Bonchev–Trinajstić information content (AvgIpc) is 2.97. The van der Waals surface area contributed by atoms with Crippen LogP contribution in [0.5, 0.6) is 0 Å². The van der Waals surface area contributed by atoms with Crippen molar-refractivity contribution in [1.82, 2.24) is 4.57 Å². The number of carbonyl (C=O) groups excluding carboxylic acids is 2. The lowest BCUT2D eigenvalue weighted by atomic mass is 9.98. The van der Waals surface area contributed by atoms with Crippen LogP contribution in [-0.2, 0) is 22.3 Å². The number of esters is 1. The van der Waals surface area contributed by atoms with Crippen molar-refractivity contribution in [1.29, 1.82) is 0 Å². The number of benzene rings is 3. The SMILES string of the molecule is COC(=O)c1ccc(-c2cc(NC(=O)c3ccc(C(F)(F)F)cc3)c(=O)n(CC(C(=O)O)c3ccccc3)c2)cc1. The quantitative estimate of drug-likeness (QED) is 0.276. The minimum Gasteiger partial charge on any atom is -0.481 e. The fourth-order valence-corrected chi connectivity index (χ4v) is 4.15. The normalized spacial score (nSPS) is 11.9. The third-order valence-electron chi connectivity index (χ3n) is 6.33. The van der Waals surface area contributed by atoms with Crippen molar-refractivity contribution in [2.75, 3.05) is 12.4 Å². The number of carbonyl (C=O) groups is 3. The van der Waals surface area contributed by atoms with E-state index in [1.165, 1.54) is 31.5 Å². The molecule has 41 heavy (non-hydrogen) atoms. The zero-order chi connectivity index (χ0) is 29.7. The summed E-state index contributed by atoms with van der Waals surface area (Å²) in [5.74, 6) is -3.67. The molecular formula is C30H23F3N2O6.